The molecular formula is C12H10ClN5O. The van der Waals surface area contributed by atoms with Crippen LogP contribution in [-0.4, -0.2) is 27.0 Å². The number of fused-ring (bicyclic) bond motifs is 1. The number of hydrogen-bond acceptors (Lipinski definition) is 5. The molecule has 0 aliphatic heterocycles. The van der Waals surface area contributed by atoms with E-state index in [1.165, 1.54) is 6.33 Å². The van der Waals surface area contributed by atoms with Crippen LogP contribution in [0.25, 0.3) is 22.6 Å². The number of ether oxygens (including phenoxy) is 1. The number of nitrogens with two attached hydrogens (primary N) is 1. The van der Waals surface area contributed by atoms with Gasteiger partial charge in [0.05, 0.1) is 29.6 Å². The molecule has 0 radical (unpaired) electrons. The van der Waals surface area contributed by atoms with Crippen molar-refractivity contribution < 1.29 is 4.74 Å². The normalized spacial score (nSPS) is 10.8. The minimum absolute atomic E-state index is 0.447. The van der Waals surface area contributed by atoms with Crippen molar-refractivity contribution in [3.63, 3.8) is 0 Å². The molecule has 3 aromatic rings. The molecule has 0 amide bonds. The first-order valence-electron chi connectivity index (χ1n) is 5.48. The molecule has 6 nitrogen and oxygen atoms in total. The Morgan fingerprint density at radius 3 is 2.95 bits per heavy atom. The van der Waals surface area contributed by atoms with E-state index in [2.05, 4.69) is 19.9 Å². The highest BCUT2D eigenvalue weighted by molar-refractivity contribution is 6.33. The third-order valence-corrected chi connectivity index (χ3v) is 3.06. The maximum absolute atomic E-state index is 6.04. The van der Waals surface area contributed by atoms with Crippen molar-refractivity contribution >= 4 is 28.5 Å². The van der Waals surface area contributed by atoms with Gasteiger partial charge in [0.1, 0.15) is 23.4 Å². The Kier molecular flexibility index (Phi) is 2.72. The van der Waals surface area contributed by atoms with Gasteiger partial charge in [0.15, 0.2) is 5.65 Å². The van der Waals surface area contributed by atoms with Gasteiger partial charge in [-0.1, -0.05) is 11.6 Å². The molecule has 1 aromatic carbocycles. The predicted molar refractivity (Wildman–Crippen MR) is 73.1 cm³/mol. The SMILES string of the molecule is COc1cc(N)c(Cl)cc1-c1nc2ncncc2[nH]1. The summed E-state index contributed by atoms with van der Waals surface area (Å²) in [7, 11) is 1.56. The molecule has 96 valence electrons. The zero-order valence-electron chi connectivity index (χ0n) is 10.0. The molecule has 0 aliphatic rings. The van der Waals surface area contributed by atoms with Gasteiger partial charge in [-0.25, -0.2) is 15.0 Å². The van der Waals surface area contributed by atoms with Crippen molar-refractivity contribution in [1.82, 2.24) is 19.9 Å². The van der Waals surface area contributed by atoms with Gasteiger partial charge in [-0.2, -0.15) is 0 Å². The number of methoxy groups -OCH3 is 1. The number of hydrogen-bond donors (Lipinski definition) is 2. The summed E-state index contributed by atoms with van der Waals surface area (Å²) in [4.78, 5) is 15.5. The Balaban J connectivity index is 2.22. The van der Waals surface area contributed by atoms with Crippen LogP contribution < -0.4 is 10.5 Å². The van der Waals surface area contributed by atoms with Crippen molar-refractivity contribution in [2.45, 2.75) is 0 Å². The summed E-state index contributed by atoms with van der Waals surface area (Å²) in [6, 6.07) is 3.37. The van der Waals surface area contributed by atoms with E-state index >= 15 is 0 Å². The third-order valence-electron chi connectivity index (χ3n) is 2.74. The van der Waals surface area contributed by atoms with Gasteiger partial charge < -0.3 is 15.5 Å². The second-order valence-corrected chi connectivity index (χ2v) is 4.33. The van der Waals surface area contributed by atoms with E-state index in [1.54, 1.807) is 25.4 Å². The quantitative estimate of drug-likeness (QED) is 0.700. The van der Waals surface area contributed by atoms with Crippen molar-refractivity contribution in [3.05, 3.63) is 29.7 Å². The van der Waals surface area contributed by atoms with Crippen LogP contribution in [0.4, 0.5) is 5.69 Å². The maximum atomic E-state index is 6.04. The molecule has 2 heterocycles. The van der Waals surface area contributed by atoms with Gasteiger partial charge in [0.2, 0.25) is 0 Å². The summed E-state index contributed by atoms with van der Waals surface area (Å²) in [5, 5.41) is 0.447. The maximum Gasteiger partial charge on any atom is 0.181 e. The van der Waals surface area contributed by atoms with E-state index in [9.17, 15) is 0 Å². The summed E-state index contributed by atoms with van der Waals surface area (Å²) in [6.45, 7) is 0. The van der Waals surface area contributed by atoms with Crippen molar-refractivity contribution in [2.24, 2.45) is 0 Å². The Morgan fingerprint density at radius 2 is 2.21 bits per heavy atom. The van der Waals surface area contributed by atoms with E-state index < -0.39 is 0 Å². The lowest BCUT2D eigenvalue weighted by molar-refractivity contribution is 0.416. The van der Waals surface area contributed by atoms with E-state index in [-0.39, 0.29) is 0 Å². The van der Waals surface area contributed by atoms with Gasteiger partial charge in [-0.3, -0.25) is 0 Å². The third kappa shape index (κ3) is 1.96. The molecule has 0 atom stereocenters. The van der Waals surface area contributed by atoms with Crippen LogP contribution >= 0.6 is 11.6 Å². The van der Waals surface area contributed by atoms with E-state index in [1.807, 2.05) is 0 Å². The molecule has 0 saturated carbocycles. The molecule has 19 heavy (non-hydrogen) atoms. The second kappa shape index (κ2) is 4.40. The average molecular weight is 276 g/mol. The fourth-order valence-corrected chi connectivity index (χ4v) is 1.98. The number of aromatic amines is 1. The molecule has 0 saturated heterocycles. The first kappa shape index (κ1) is 11.7. The van der Waals surface area contributed by atoms with Crippen molar-refractivity contribution in [1.29, 1.82) is 0 Å². The standard InChI is InChI=1S/C12H10ClN5O/c1-19-10-3-8(14)7(13)2-6(10)11-17-9-4-15-5-16-12(9)18-11/h2-5H,14H2,1H3,(H,15,16,17,18). The Morgan fingerprint density at radius 1 is 1.37 bits per heavy atom. The second-order valence-electron chi connectivity index (χ2n) is 3.92. The average Bonchev–Trinajstić information content (AvgIpc) is 2.85. The van der Waals surface area contributed by atoms with E-state index in [0.29, 0.717) is 27.9 Å². The molecular weight excluding hydrogens is 266 g/mol. The lowest BCUT2D eigenvalue weighted by atomic mass is 10.1. The Hall–Kier alpha value is -2.34. The summed E-state index contributed by atoms with van der Waals surface area (Å²) in [6.07, 6.45) is 3.10. The Labute approximate surface area is 113 Å². The molecule has 0 aliphatic carbocycles. The van der Waals surface area contributed by atoms with Gasteiger partial charge in [0.25, 0.3) is 0 Å². The molecule has 7 heteroatoms. The first-order chi connectivity index (χ1) is 9.19. The number of aromatic nitrogens is 4. The molecule has 2 aromatic heterocycles. The highest BCUT2D eigenvalue weighted by atomic mass is 35.5. The molecule has 3 N–H and O–H groups in total. The number of H-pyrrole nitrogens is 1. The van der Waals surface area contributed by atoms with Crippen LogP contribution in [0.15, 0.2) is 24.7 Å². The molecule has 0 spiro atoms. The highest BCUT2D eigenvalue weighted by Crippen LogP contribution is 2.35. The largest absolute Gasteiger partial charge is 0.496 e. The molecule has 0 bridgehead atoms. The topological polar surface area (TPSA) is 89.7 Å². The number of benzene rings is 1. The first-order valence-corrected chi connectivity index (χ1v) is 5.86. The zero-order valence-corrected chi connectivity index (χ0v) is 10.8. The fourth-order valence-electron chi connectivity index (χ4n) is 1.81. The van der Waals surface area contributed by atoms with Crippen LogP contribution in [0.5, 0.6) is 5.75 Å². The molecule has 0 fully saturated rings. The van der Waals surface area contributed by atoms with Crippen LogP contribution in [0.3, 0.4) is 0 Å². The van der Waals surface area contributed by atoms with Crippen LogP contribution in [0.2, 0.25) is 5.02 Å². The summed E-state index contributed by atoms with van der Waals surface area (Å²) < 4.78 is 5.30. The minimum Gasteiger partial charge on any atom is -0.496 e. The smallest absolute Gasteiger partial charge is 0.181 e. The molecule has 0 unspecified atom stereocenters. The summed E-state index contributed by atoms with van der Waals surface area (Å²) in [5.41, 5.74) is 8.26. The van der Waals surface area contributed by atoms with Gasteiger partial charge in [-0.05, 0) is 6.07 Å². The van der Waals surface area contributed by atoms with Crippen LogP contribution in [0, 0.1) is 0 Å². The van der Waals surface area contributed by atoms with Crippen LogP contribution in [0.1, 0.15) is 0 Å². The lowest BCUT2D eigenvalue weighted by Crippen LogP contribution is -1.93. The zero-order chi connectivity index (χ0) is 13.4. The van der Waals surface area contributed by atoms with E-state index in [0.717, 1.165) is 11.1 Å². The number of imidazole rings is 1. The van der Waals surface area contributed by atoms with E-state index in [4.69, 9.17) is 22.1 Å². The Bertz CT molecular complexity index is 722. The summed E-state index contributed by atoms with van der Waals surface area (Å²) in [5.74, 6) is 1.20. The highest BCUT2D eigenvalue weighted by Gasteiger charge is 2.13. The van der Waals surface area contributed by atoms with Crippen molar-refractivity contribution in [3.8, 4) is 17.1 Å². The van der Waals surface area contributed by atoms with Gasteiger partial charge in [-0.15, -0.1) is 0 Å². The lowest BCUT2D eigenvalue weighted by Gasteiger charge is -2.08. The fraction of sp³-hybridized carbons (Fsp3) is 0.0833. The number of nitrogens with zero attached hydrogens (tertiary/aromatic N) is 3. The van der Waals surface area contributed by atoms with Crippen LogP contribution in [-0.2, 0) is 0 Å². The monoisotopic (exact) mass is 275 g/mol. The number of halogens is 1. The predicted octanol–water partition coefficient (Wildman–Crippen LogP) is 2.26. The number of rotatable bonds is 2. The summed E-state index contributed by atoms with van der Waals surface area (Å²) >= 11 is 6.04. The molecule has 3 rings (SSSR count). The number of nitrogen functional groups attached to an aromatic ring is 1. The van der Waals surface area contributed by atoms with Gasteiger partial charge >= 0.3 is 0 Å². The van der Waals surface area contributed by atoms with Crippen molar-refractivity contribution in [2.75, 3.05) is 12.8 Å². The number of anilines is 1. The number of nitrogens with one attached hydrogen (secondary N) is 1. The minimum atomic E-state index is 0.447. The van der Waals surface area contributed by atoms with Gasteiger partial charge in [0, 0.05) is 6.07 Å².